The number of hydrogen-bond acceptors (Lipinski definition) is 3. The van der Waals surface area contributed by atoms with Crippen LogP contribution in [0, 0.1) is 13.8 Å². The number of benzene rings is 2. The average Bonchev–Trinajstić information content (AvgIpc) is 2.64. The molecule has 0 radical (unpaired) electrons. The van der Waals surface area contributed by atoms with Crippen molar-refractivity contribution in [2.75, 3.05) is 31.5 Å². The van der Waals surface area contributed by atoms with Crippen molar-refractivity contribution in [2.24, 2.45) is 0 Å². The van der Waals surface area contributed by atoms with E-state index in [9.17, 15) is 8.78 Å². The number of aryl methyl sites for hydroxylation is 2. The number of ether oxygens (including phenoxy) is 1. The Morgan fingerprint density at radius 3 is 2.46 bits per heavy atom. The molecule has 2 aromatic rings. The van der Waals surface area contributed by atoms with Crippen LogP contribution in [0.1, 0.15) is 16.7 Å². The Hall–Kier alpha value is -2.25. The molecule has 0 saturated carbocycles. The summed E-state index contributed by atoms with van der Waals surface area (Å²) in [4.78, 5) is 4.46. The number of nitrogens with zero attached hydrogens (tertiary/aromatic N) is 2. The normalized spacial score (nSPS) is 15.0. The van der Waals surface area contributed by atoms with Crippen LogP contribution in [0.15, 0.2) is 42.5 Å². The van der Waals surface area contributed by atoms with Gasteiger partial charge in [-0.15, -0.1) is 0 Å². The van der Waals surface area contributed by atoms with Gasteiger partial charge in [-0.3, -0.25) is 4.90 Å². The van der Waals surface area contributed by atoms with Crippen LogP contribution in [0.4, 0.5) is 14.5 Å². The Labute approximate surface area is 170 Å². The number of nitrogens with one attached hydrogen (secondary N) is 1. The van der Waals surface area contributed by atoms with E-state index in [-0.39, 0.29) is 5.75 Å². The lowest BCUT2D eigenvalue weighted by Gasteiger charge is -2.36. The number of thiocarbonyl (C=S) groups is 1. The fraction of sp³-hybridized carbons (Fsp3) is 0.381. The lowest BCUT2D eigenvalue weighted by atomic mass is 10.1. The zero-order valence-corrected chi connectivity index (χ0v) is 16.9. The third-order valence-electron chi connectivity index (χ3n) is 4.74. The van der Waals surface area contributed by atoms with Gasteiger partial charge in [0, 0.05) is 32.7 Å². The van der Waals surface area contributed by atoms with Crippen LogP contribution in [0.2, 0.25) is 0 Å². The Morgan fingerprint density at radius 1 is 1.07 bits per heavy atom. The van der Waals surface area contributed by atoms with Crippen LogP contribution >= 0.6 is 12.2 Å². The smallest absolute Gasteiger partial charge is 0.387 e. The minimum Gasteiger partial charge on any atom is -0.433 e. The number of halogens is 2. The van der Waals surface area contributed by atoms with Crippen molar-refractivity contribution < 1.29 is 13.5 Å². The van der Waals surface area contributed by atoms with E-state index in [1.54, 1.807) is 12.1 Å². The van der Waals surface area contributed by atoms with E-state index in [0.717, 1.165) is 38.3 Å². The summed E-state index contributed by atoms with van der Waals surface area (Å²) in [6.45, 7) is 5.39. The summed E-state index contributed by atoms with van der Waals surface area (Å²) in [7, 11) is 0. The summed E-state index contributed by atoms with van der Waals surface area (Å²) in [5, 5.41) is 3.61. The molecule has 3 rings (SSSR count). The monoisotopic (exact) mass is 405 g/mol. The predicted molar refractivity (Wildman–Crippen MR) is 112 cm³/mol. The van der Waals surface area contributed by atoms with Crippen molar-refractivity contribution in [3.05, 3.63) is 59.2 Å². The van der Waals surface area contributed by atoms with Gasteiger partial charge in [0.1, 0.15) is 5.75 Å². The van der Waals surface area contributed by atoms with Crippen LogP contribution in [-0.4, -0.2) is 47.7 Å². The first kappa shape index (κ1) is 20.5. The van der Waals surface area contributed by atoms with Gasteiger partial charge in [-0.2, -0.15) is 8.78 Å². The molecule has 0 unspecified atom stereocenters. The second kappa shape index (κ2) is 9.30. The van der Waals surface area contributed by atoms with Gasteiger partial charge in [-0.05, 0) is 49.3 Å². The molecule has 1 N–H and O–H groups in total. The number of piperazine rings is 1. The summed E-state index contributed by atoms with van der Waals surface area (Å²) >= 11 is 5.51. The van der Waals surface area contributed by atoms with Crippen molar-refractivity contribution in [1.29, 1.82) is 0 Å². The topological polar surface area (TPSA) is 27.7 Å². The molecule has 0 aromatic heterocycles. The summed E-state index contributed by atoms with van der Waals surface area (Å²) in [6, 6.07) is 13.6. The zero-order chi connectivity index (χ0) is 20.1. The molecule has 0 spiro atoms. The highest BCUT2D eigenvalue weighted by molar-refractivity contribution is 7.80. The molecule has 1 fully saturated rings. The van der Waals surface area contributed by atoms with Gasteiger partial charge in [0.15, 0.2) is 5.11 Å². The van der Waals surface area contributed by atoms with Crippen molar-refractivity contribution in [3.63, 3.8) is 0 Å². The van der Waals surface area contributed by atoms with E-state index in [2.05, 4.69) is 51.0 Å². The lowest BCUT2D eigenvalue weighted by Crippen LogP contribution is -2.49. The molecular formula is C21H25F2N3OS. The SMILES string of the molecule is Cc1cccc(CN2CCN(C(=S)Nc3cc(C)ccc3OC(F)F)CC2)c1. The molecule has 1 saturated heterocycles. The molecule has 1 aliphatic rings. The maximum atomic E-state index is 12.6. The fourth-order valence-corrected chi connectivity index (χ4v) is 3.60. The third-order valence-corrected chi connectivity index (χ3v) is 5.10. The summed E-state index contributed by atoms with van der Waals surface area (Å²) in [6.07, 6.45) is 0. The van der Waals surface area contributed by atoms with Crippen LogP contribution in [0.3, 0.4) is 0 Å². The minimum absolute atomic E-state index is 0.0982. The van der Waals surface area contributed by atoms with Gasteiger partial charge >= 0.3 is 6.61 Å². The summed E-state index contributed by atoms with van der Waals surface area (Å²) in [5.74, 6) is 0.0982. The van der Waals surface area contributed by atoms with E-state index < -0.39 is 6.61 Å². The molecule has 1 heterocycles. The standard InChI is InChI=1S/C21H25F2N3OS/c1-15-4-3-5-17(12-15)14-25-8-10-26(11-9-25)21(28)24-18-13-16(2)6-7-19(18)27-20(22)23/h3-7,12-13,20H,8-11,14H2,1-2H3,(H,24,28). The Balaban J connectivity index is 1.56. The van der Waals surface area contributed by atoms with Gasteiger partial charge in [0.05, 0.1) is 5.69 Å². The minimum atomic E-state index is -2.87. The number of hydrogen-bond donors (Lipinski definition) is 1. The zero-order valence-electron chi connectivity index (χ0n) is 16.1. The number of rotatable bonds is 5. The first-order valence-corrected chi connectivity index (χ1v) is 9.71. The largest absolute Gasteiger partial charge is 0.433 e. The van der Waals surface area contributed by atoms with Crippen LogP contribution in [0.5, 0.6) is 5.75 Å². The van der Waals surface area contributed by atoms with Gasteiger partial charge in [-0.1, -0.05) is 35.9 Å². The summed E-state index contributed by atoms with van der Waals surface area (Å²) in [5.41, 5.74) is 3.98. The van der Waals surface area contributed by atoms with E-state index >= 15 is 0 Å². The van der Waals surface area contributed by atoms with E-state index in [1.807, 2.05) is 6.92 Å². The van der Waals surface area contributed by atoms with Gasteiger partial charge in [0.25, 0.3) is 0 Å². The lowest BCUT2D eigenvalue weighted by molar-refractivity contribution is -0.0493. The van der Waals surface area contributed by atoms with Crippen LogP contribution in [0.25, 0.3) is 0 Å². The van der Waals surface area contributed by atoms with Gasteiger partial charge < -0.3 is 15.0 Å². The third kappa shape index (κ3) is 5.62. The number of alkyl halides is 2. The van der Waals surface area contributed by atoms with Crippen molar-refractivity contribution in [2.45, 2.75) is 27.0 Å². The molecule has 0 amide bonds. The Bertz CT molecular complexity index is 823. The van der Waals surface area contributed by atoms with E-state index in [4.69, 9.17) is 12.2 Å². The molecule has 2 aromatic carbocycles. The molecule has 1 aliphatic heterocycles. The van der Waals surface area contributed by atoms with Crippen molar-refractivity contribution >= 4 is 23.0 Å². The van der Waals surface area contributed by atoms with Gasteiger partial charge in [0.2, 0.25) is 0 Å². The highest BCUT2D eigenvalue weighted by Gasteiger charge is 2.20. The van der Waals surface area contributed by atoms with E-state index in [0.29, 0.717) is 10.8 Å². The summed E-state index contributed by atoms with van der Waals surface area (Å²) < 4.78 is 29.9. The second-order valence-corrected chi connectivity index (χ2v) is 7.45. The highest BCUT2D eigenvalue weighted by Crippen LogP contribution is 2.27. The van der Waals surface area contributed by atoms with Gasteiger partial charge in [-0.25, -0.2) is 0 Å². The van der Waals surface area contributed by atoms with Crippen molar-refractivity contribution in [1.82, 2.24) is 9.80 Å². The van der Waals surface area contributed by atoms with Crippen LogP contribution in [-0.2, 0) is 6.54 Å². The number of anilines is 1. The van der Waals surface area contributed by atoms with Crippen molar-refractivity contribution in [3.8, 4) is 5.75 Å². The fourth-order valence-electron chi connectivity index (χ4n) is 3.31. The first-order chi connectivity index (χ1) is 13.4. The molecule has 0 bridgehead atoms. The van der Waals surface area contributed by atoms with Crippen LogP contribution < -0.4 is 10.1 Å². The quantitative estimate of drug-likeness (QED) is 0.744. The second-order valence-electron chi connectivity index (χ2n) is 7.06. The molecule has 7 heteroatoms. The molecular weight excluding hydrogens is 380 g/mol. The maximum Gasteiger partial charge on any atom is 0.387 e. The Kier molecular flexibility index (Phi) is 6.80. The molecule has 4 nitrogen and oxygen atoms in total. The maximum absolute atomic E-state index is 12.6. The van der Waals surface area contributed by atoms with E-state index in [1.165, 1.54) is 17.2 Å². The molecule has 28 heavy (non-hydrogen) atoms. The molecule has 0 aliphatic carbocycles. The average molecular weight is 406 g/mol. The first-order valence-electron chi connectivity index (χ1n) is 9.30. The molecule has 150 valence electrons. The predicted octanol–water partition coefficient (Wildman–Crippen LogP) is 4.42. The highest BCUT2D eigenvalue weighted by atomic mass is 32.1. The Morgan fingerprint density at radius 2 is 1.79 bits per heavy atom. The molecule has 0 atom stereocenters.